The number of halogens is 2. The largest absolute Gasteiger partial charge is 0.501 e. The van der Waals surface area contributed by atoms with E-state index < -0.39 is 53.1 Å². The van der Waals surface area contributed by atoms with Crippen LogP contribution < -0.4 is 10.9 Å². The van der Waals surface area contributed by atoms with Gasteiger partial charge in [0.25, 0.3) is 5.56 Å². The summed E-state index contributed by atoms with van der Waals surface area (Å²) < 4.78 is 38.6. The van der Waals surface area contributed by atoms with Crippen molar-refractivity contribution in [1.82, 2.24) is 14.9 Å². The van der Waals surface area contributed by atoms with E-state index in [0.717, 1.165) is 0 Å². The van der Waals surface area contributed by atoms with Crippen LogP contribution in [-0.4, -0.2) is 33.1 Å². The molecule has 3 rings (SSSR count). The van der Waals surface area contributed by atoms with Gasteiger partial charge in [-0.3, -0.25) is 19.0 Å². The Bertz CT molecular complexity index is 1720. The minimum Gasteiger partial charge on any atom is -0.501 e. The van der Waals surface area contributed by atoms with Gasteiger partial charge in [-0.15, -0.1) is 0 Å². The van der Waals surface area contributed by atoms with Crippen LogP contribution in [0.1, 0.15) is 84.9 Å². The van der Waals surface area contributed by atoms with Crippen molar-refractivity contribution in [3.8, 4) is 17.2 Å². The zero-order valence-electron chi connectivity index (χ0n) is 26.5. The Morgan fingerprint density at radius 3 is 2.31 bits per heavy atom. The topological polar surface area (TPSA) is 134 Å². The monoisotopic (exact) mass is 620 g/mol. The lowest BCUT2D eigenvalue weighted by atomic mass is 9.88. The van der Waals surface area contributed by atoms with E-state index in [9.17, 15) is 24.8 Å². The van der Waals surface area contributed by atoms with Gasteiger partial charge in [-0.25, -0.2) is 13.8 Å². The molecular weight excluding hydrogens is 582 g/mol. The van der Waals surface area contributed by atoms with E-state index in [1.807, 2.05) is 13.8 Å². The highest BCUT2D eigenvalue weighted by atomic mass is 19.1. The number of ether oxygens (including phenoxy) is 1. The fourth-order valence-corrected chi connectivity index (χ4v) is 5.38. The molecule has 1 aromatic heterocycles. The third-order valence-corrected chi connectivity index (χ3v) is 7.34. The number of nitrogens with one attached hydrogen (secondary N) is 1. The van der Waals surface area contributed by atoms with Gasteiger partial charge in [-0.2, -0.15) is 5.26 Å². The predicted octanol–water partition coefficient (Wildman–Crippen LogP) is 6.22. The molecule has 0 aliphatic carbocycles. The first-order valence-electron chi connectivity index (χ1n) is 14.6. The number of amides is 1. The van der Waals surface area contributed by atoms with Crippen molar-refractivity contribution < 1.29 is 28.2 Å². The second kappa shape index (κ2) is 14.8. The highest BCUT2D eigenvalue weighted by molar-refractivity contribution is 5.82. The van der Waals surface area contributed by atoms with Crippen molar-refractivity contribution in [3.05, 3.63) is 91.9 Å². The molecule has 0 fully saturated rings. The minimum atomic E-state index is -1.61. The Labute approximate surface area is 261 Å². The first-order valence-corrected chi connectivity index (χ1v) is 14.6. The number of nitrogens with zero attached hydrogens (tertiary/aromatic N) is 3. The lowest BCUT2D eigenvalue weighted by Crippen LogP contribution is -2.41. The Morgan fingerprint density at radius 1 is 1.11 bits per heavy atom. The number of rotatable bonds is 12. The molecule has 0 saturated carbocycles. The van der Waals surface area contributed by atoms with Crippen LogP contribution in [0.4, 0.5) is 8.78 Å². The number of hydrogen-bond donors (Lipinski definition) is 2. The summed E-state index contributed by atoms with van der Waals surface area (Å²) >= 11 is 0. The summed E-state index contributed by atoms with van der Waals surface area (Å²) in [6.45, 7) is 12.2. The number of aryl methyl sites for hydroxylation is 4. The van der Waals surface area contributed by atoms with Crippen LogP contribution in [0.15, 0.2) is 35.5 Å². The van der Waals surface area contributed by atoms with Gasteiger partial charge >= 0.3 is 5.97 Å². The first-order chi connectivity index (χ1) is 21.2. The molecule has 1 heterocycles. The van der Waals surface area contributed by atoms with Crippen LogP contribution in [0.25, 0.3) is 17.2 Å². The molecule has 2 aromatic carbocycles. The number of hydrogen-bond acceptors (Lipinski definition) is 6. The van der Waals surface area contributed by atoms with Crippen molar-refractivity contribution in [1.29, 1.82) is 5.26 Å². The quantitative estimate of drug-likeness (QED) is 0.230. The molecule has 45 heavy (non-hydrogen) atoms. The Morgan fingerprint density at radius 2 is 1.76 bits per heavy atom. The summed E-state index contributed by atoms with van der Waals surface area (Å²) in [5, 5.41) is 21.7. The molecule has 0 aliphatic heterocycles. The van der Waals surface area contributed by atoms with Gasteiger partial charge in [0, 0.05) is 17.3 Å². The maximum absolute atomic E-state index is 16.4. The Hall–Kier alpha value is -4.85. The average Bonchev–Trinajstić information content (AvgIpc) is 2.95. The Balaban J connectivity index is 2.18. The third kappa shape index (κ3) is 8.01. The predicted molar refractivity (Wildman–Crippen MR) is 166 cm³/mol. The standard InChI is InChI=1S/C34H38F2N4O5/c1-8-45-10-9-24-17-40(34(44)22(7)38-24)27(11-18(2)3)33(43)39-26(15-28(41)42)30-31(35)21(6)14-25(32(30)36)29-19(4)12-23(16-37)13-20(29)5/h9-10,12-14,17-18,26-27H,8,11,15H2,1-7H3,(H,39,43)(H,41,42)/b10-9+. The highest BCUT2D eigenvalue weighted by Crippen LogP contribution is 2.37. The number of carbonyl (C=O) groups excluding carboxylic acids is 1. The molecule has 0 saturated heterocycles. The van der Waals surface area contributed by atoms with E-state index in [0.29, 0.717) is 34.6 Å². The second-order valence-corrected chi connectivity index (χ2v) is 11.4. The van der Waals surface area contributed by atoms with Crippen LogP contribution in [0.2, 0.25) is 0 Å². The van der Waals surface area contributed by atoms with Gasteiger partial charge in [-0.05, 0) is 93.5 Å². The van der Waals surface area contributed by atoms with Gasteiger partial charge in [0.2, 0.25) is 5.91 Å². The van der Waals surface area contributed by atoms with Gasteiger partial charge in [0.15, 0.2) is 0 Å². The zero-order valence-corrected chi connectivity index (χ0v) is 26.5. The number of nitriles is 1. The van der Waals surface area contributed by atoms with Crippen LogP contribution in [0, 0.1) is 56.6 Å². The van der Waals surface area contributed by atoms with Gasteiger partial charge in [0.05, 0.1) is 42.7 Å². The lowest BCUT2D eigenvalue weighted by Gasteiger charge is -2.26. The molecular formula is C34H38F2N4O5. The summed E-state index contributed by atoms with van der Waals surface area (Å²) in [5.41, 5.74) is 1.31. The van der Waals surface area contributed by atoms with E-state index in [4.69, 9.17) is 4.74 Å². The molecule has 0 bridgehead atoms. The van der Waals surface area contributed by atoms with Crippen molar-refractivity contribution in [2.24, 2.45) is 5.92 Å². The summed E-state index contributed by atoms with van der Waals surface area (Å²) in [6, 6.07) is 3.79. The van der Waals surface area contributed by atoms with Gasteiger partial charge in [-0.1, -0.05) is 13.8 Å². The number of aliphatic carboxylic acids is 1. The molecule has 2 unspecified atom stereocenters. The number of benzene rings is 2. The lowest BCUT2D eigenvalue weighted by molar-refractivity contribution is -0.138. The molecule has 2 N–H and O–H groups in total. The molecule has 3 aromatic rings. The Kier molecular flexibility index (Phi) is 11.4. The normalized spacial score (nSPS) is 12.6. The smallest absolute Gasteiger partial charge is 0.305 e. The van der Waals surface area contributed by atoms with E-state index >= 15 is 8.78 Å². The molecule has 2 atom stereocenters. The molecule has 0 aliphatic rings. The second-order valence-electron chi connectivity index (χ2n) is 11.4. The molecule has 238 valence electrons. The molecule has 1 amide bonds. The van der Waals surface area contributed by atoms with E-state index in [2.05, 4.69) is 16.4 Å². The summed E-state index contributed by atoms with van der Waals surface area (Å²) in [6.07, 6.45) is 3.68. The molecule has 9 nitrogen and oxygen atoms in total. The summed E-state index contributed by atoms with van der Waals surface area (Å²) in [7, 11) is 0. The SMILES string of the molecule is CCO/C=C/c1cn(C(CC(C)C)C(=O)NC(CC(=O)O)c2c(F)c(C)cc(-c3c(C)cc(C#N)cc3C)c2F)c(=O)c(C)n1. The average molecular weight is 621 g/mol. The fourth-order valence-electron chi connectivity index (χ4n) is 5.38. The highest BCUT2D eigenvalue weighted by Gasteiger charge is 2.32. The van der Waals surface area contributed by atoms with Crippen LogP contribution in [-0.2, 0) is 14.3 Å². The number of aromatic nitrogens is 2. The van der Waals surface area contributed by atoms with Crippen molar-refractivity contribution in [2.45, 2.75) is 73.4 Å². The fraction of sp³-hybridized carbons (Fsp3) is 0.382. The summed E-state index contributed by atoms with van der Waals surface area (Å²) in [4.78, 5) is 43.4. The van der Waals surface area contributed by atoms with E-state index in [1.165, 1.54) is 43.0 Å². The number of carboxylic acids is 1. The molecule has 11 heteroatoms. The minimum absolute atomic E-state index is 0.0125. The maximum Gasteiger partial charge on any atom is 0.305 e. The van der Waals surface area contributed by atoms with Crippen LogP contribution in [0.5, 0.6) is 0 Å². The van der Waals surface area contributed by atoms with Crippen LogP contribution in [0.3, 0.4) is 0 Å². The van der Waals surface area contributed by atoms with Gasteiger partial charge < -0.3 is 15.2 Å². The van der Waals surface area contributed by atoms with Crippen molar-refractivity contribution in [2.75, 3.05) is 6.61 Å². The first kappa shape index (κ1) is 34.6. The van der Waals surface area contributed by atoms with Gasteiger partial charge in [0.1, 0.15) is 23.4 Å². The zero-order chi connectivity index (χ0) is 33.6. The van der Waals surface area contributed by atoms with Crippen LogP contribution >= 0.6 is 0 Å². The van der Waals surface area contributed by atoms with E-state index in [-0.39, 0.29) is 29.2 Å². The molecule has 0 radical (unpaired) electrons. The van der Waals surface area contributed by atoms with Crippen molar-refractivity contribution in [3.63, 3.8) is 0 Å². The molecule has 0 spiro atoms. The maximum atomic E-state index is 16.4. The van der Waals surface area contributed by atoms with E-state index in [1.54, 1.807) is 32.9 Å². The summed E-state index contributed by atoms with van der Waals surface area (Å²) in [5.74, 6) is -4.29. The number of carbonyl (C=O) groups is 2. The van der Waals surface area contributed by atoms with Crippen molar-refractivity contribution >= 4 is 18.0 Å². The number of carboxylic acid groups (broad SMARTS) is 1. The third-order valence-electron chi connectivity index (χ3n) is 7.34.